The Morgan fingerprint density at radius 1 is 0.970 bits per heavy atom. The van der Waals surface area contributed by atoms with Crippen LogP contribution < -0.4 is 5.56 Å². The van der Waals surface area contributed by atoms with Gasteiger partial charge in [-0.1, -0.05) is 55.8 Å². The molecular formula is C27H26N4O2. The molecule has 0 amide bonds. The lowest BCUT2D eigenvalue weighted by Crippen LogP contribution is -2.24. The van der Waals surface area contributed by atoms with Crippen molar-refractivity contribution in [3.63, 3.8) is 0 Å². The van der Waals surface area contributed by atoms with E-state index >= 15 is 0 Å². The lowest BCUT2D eigenvalue weighted by molar-refractivity contribution is 0.114. The van der Waals surface area contributed by atoms with Gasteiger partial charge in [-0.05, 0) is 30.2 Å². The summed E-state index contributed by atoms with van der Waals surface area (Å²) in [5.74, 6) is 0. The van der Waals surface area contributed by atoms with Crippen LogP contribution in [0.15, 0.2) is 77.7 Å². The molecule has 0 radical (unpaired) electrons. The molecule has 0 aliphatic carbocycles. The zero-order valence-electron chi connectivity index (χ0n) is 18.9. The lowest BCUT2D eigenvalue weighted by atomic mass is 10.0. The molecule has 0 aliphatic rings. The summed E-state index contributed by atoms with van der Waals surface area (Å²) in [6, 6.07) is 21.7. The minimum atomic E-state index is -0.150. The molecule has 33 heavy (non-hydrogen) atoms. The van der Waals surface area contributed by atoms with Gasteiger partial charge >= 0.3 is 0 Å². The van der Waals surface area contributed by atoms with Crippen molar-refractivity contribution in [2.24, 2.45) is 7.05 Å². The molecule has 0 saturated heterocycles. The van der Waals surface area contributed by atoms with E-state index in [2.05, 4.69) is 17.0 Å². The summed E-state index contributed by atoms with van der Waals surface area (Å²) in [6.07, 6.45) is 3.82. The van der Waals surface area contributed by atoms with Crippen molar-refractivity contribution >= 4 is 16.6 Å². The first-order chi connectivity index (χ1) is 16.2. The molecule has 0 N–H and O–H groups in total. The number of rotatable bonds is 7. The summed E-state index contributed by atoms with van der Waals surface area (Å²) >= 11 is 0. The monoisotopic (exact) mass is 438 g/mol. The van der Waals surface area contributed by atoms with E-state index in [-0.39, 0.29) is 5.56 Å². The molecule has 0 atom stereocenters. The van der Waals surface area contributed by atoms with Crippen molar-refractivity contribution in [1.82, 2.24) is 19.2 Å². The highest BCUT2D eigenvalue weighted by Crippen LogP contribution is 2.27. The average Bonchev–Trinajstić information content (AvgIpc) is 3.31. The van der Waals surface area contributed by atoms with Gasteiger partial charge in [-0.25, -0.2) is 0 Å². The van der Waals surface area contributed by atoms with E-state index in [1.807, 2.05) is 78.3 Å². The normalized spacial score (nSPS) is 11.5. The van der Waals surface area contributed by atoms with Crippen molar-refractivity contribution in [2.45, 2.75) is 26.4 Å². The minimum absolute atomic E-state index is 0.150. The van der Waals surface area contributed by atoms with Crippen molar-refractivity contribution in [3.8, 4) is 22.4 Å². The number of nitrogens with zero attached hydrogens (tertiary/aromatic N) is 4. The molecule has 6 nitrogen and oxygen atoms in total. The third-order valence-electron chi connectivity index (χ3n) is 5.98. The summed E-state index contributed by atoms with van der Waals surface area (Å²) in [6.45, 7) is 3.15. The molecule has 0 unspecified atom stereocenters. The molecule has 5 rings (SSSR count). The number of ether oxygens (including phenoxy) is 1. The highest BCUT2D eigenvalue weighted by Gasteiger charge is 2.20. The van der Waals surface area contributed by atoms with E-state index < -0.39 is 0 Å². The first kappa shape index (κ1) is 21.1. The van der Waals surface area contributed by atoms with Crippen LogP contribution in [0.2, 0.25) is 0 Å². The van der Waals surface area contributed by atoms with Gasteiger partial charge in [0.2, 0.25) is 0 Å². The fraction of sp³-hybridized carbons (Fsp3) is 0.222. The van der Waals surface area contributed by atoms with E-state index in [1.54, 1.807) is 6.20 Å². The van der Waals surface area contributed by atoms with Crippen molar-refractivity contribution in [3.05, 3.63) is 89.0 Å². The van der Waals surface area contributed by atoms with E-state index in [4.69, 9.17) is 4.74 Å². The predicted octanol–water partition coefficient (Wildman–Crippen LogP) is 5.23. The molecule has 0 bridgehead atoms. The molecule has 3 aromatic heterocycles. The Bertz CT molecular complexity index is 1490. The molecule has 166 valence electrons. The fourth-order valence-corrected chi connectivity index (χ4v) is 4.15. The van der Waals surface area contributed by atoms with Gasteiger partial charge in [0.25, 0.3) is 5.56 Å². The Labute approximate surface area is 192 Å². The Hall–Kier alpha value is -3.77. The molecule has 0 saturated carbocycles. The third-order valence-corrected chi connectivity index (χ3v) is 5.98. The number of hydrogen-bond donors (Lipinski definition) is 0. The molecule has 0 fully saturated rings. The van der Waals surface area contributed by atoms with Gasteiger partial charge < -0.3 is 9.30 Å². The van der Waals surface area contributed by atoms with E-state index in [0.717, 1.165) is 51.9 Å². The standard InChI is InChI=1S/C27H26N4O2/c1-3-4-15-33-18-24-26(21-12-13-22-20(16-21)11-8-14-28-22)27(32)31-25(30(24)2)17-23(29-31)19-9-6-5-7-10-19/h5-14,16-17H,3-4,15,18H2,1-2H3. The summed E-state index contributed by atoms with van der Waals surface area (Å²) < 4.78 is 9.51. The number of unbranched alkanes of at least 4 members (excludes halogenated alkanes) is 1. The second-order valence-electron chi connectivity index (χ2n) is 8.17. The van der Waals surface area contributed by atoms with Gasteiger partial charge in [-0.3, -0.25) is 9.78 Å². The Morgan fingerprint density at radius 2 is 1.82 bits per heavy atom. The Kier molecular flexibility index (Phi) is 5.75. The summed E-state index contributed by atoms with van der Waals surface area (Å²) in [5.41, 5.74) is 5.50. The topological polar surface area (TPSA) is 61.4 Å². The molecular weight excluding hydrogens is 412 g/mol. The van der Waals surface area contributed by atoms with Gasteiger partial charge in [0.15, 0.2) is 0 Å². The van der Waals surface area contributed by atoms with Gasteiger partial charge in [0.05, 0.1) is 29.1 Å². The van der Waals surface area contributed by atoms with Crippen LogP contribution in [0.4, 0.5) is 0 Å². The number of hydrogen-bond acceptors (Lipinski definition) is 4. The predicted molar refractivity (Wildman–Crippen MR) is 131 cm³/mol. The van der Waals surface area contributed by atoms with Crippen LogP contribution in [-0.4, -0.2) is 25.8 Å². The maximum atomic E-state index is 13.8. The van der Waals surface area contributed by atoms with Crippen LogP contribution in [0.1, 0.15) is 25.5 Å². The van der Waals surface area contributed by atoms with Crippen LogP contribution in [0.5, 0.6) is 0 Å². The lowest BCUT2D eigenvalue weighted by Gasteiger charge is -2.16. The number of aromatic nitrogens is 4. The van der Waals surface area contributed by atoms with Crippen LogP contribution in [0, 0.1) is 0 Å². The fourth-order valence-electron chi connectivity index (χ4n) is 4.15. The quantitative estimate of drug-likeness (QED) is 0.326. The molecule has 3 heterocycles. The number of aryl methyl sites for hydroxylation is 1. The number of benzene rings is 2. The molecule has 6 heteroatoms. The molecule has 0 aliphatic heterocycles. The SMILES string of the molecule is CCCCOCc1c(-c2ccc3ncccc3c2)c(=O)n2nc(-c3ccccc3)cc2n1C. The van der Waals surface area contributed by atoms with E-state index in [9.17, 15) is 4.79 Å². The zero-order chi connectivity index (χ0) is 22.8. The van der Waals surface area contributed by atoms with Crippen LogP contribution in [-0.2, 0) is 18.4 Å². The van der Waals surface area contributed by atoms with Gasteiger partial charge in [0, 0.05) is 36.9 Å². The highest BCUT2D eigenvalue weighted by molar-refractivity contribution is 5.85. The van der Waals surface area contributed by atoms with Gasteiger partial charge in [-0.2, -0.15) is 9.61 Å². The maximum Gasteiger partial charge on any atom is 0.282 e. The summed E-state index contributed by atoms with van der Waals surface area (Å²) in [4.78, 5) is 18.2. The van der Waals surface area contributed by atoms with Crippen molar-refractivity contribution < 1.29 is 4.74 Å². The largest absolute Gasteiger partial charge is 0.375 e. The zero-order valence-corrected chi connectivity index (χ0v) is 18.9. The smallest absolute Gasteiger partial charge is 0.282 e. The molecule has 5 aromatic rings. The first-order valence-corrected chi connectivity index (χ1v) is 11.3. The van der Waals surface area contributed by atoms with Crippen LogP contribution in [0.25, 0.3) is 38.9 Å². The molecule has 2 aromatic carbocycles. The van der Waals surface area contributed by atoms with Crippen molar-refractivity contribution in [2.75, 3.05) is 6.61 Å². The van der Waals surface area contributed by atoms with E-state index in [1.165, 1.54) is 4.52 Å². The molecule has 0 spiro atoms. The second kappa shape index (κ2) is 9.00. The van der Waals surface area contributed by atoms with Gasteiger partial charge in [0.1, 0.15) is 5.65 Å². The minimum Gasteiger partial charge on any atom is -0.375 e. The maximum absolute atomic E-state index is 13.8. The highest BCUT2D eigenvalue weighted by atomic mass is 16.5. The van der Waals surface area contributed by atoms with Gasteiger partial charge in [-0.15, -0.1) is 0 Å². The van der Waals surface area contributed by atoms with Crippen LogP contribution in [0.3, 0.4) is 0 Å². The van der Waals surface area contributed by atoms with Crippen LogP contribution >= 0.6 is 0 Å². The number of pyridine rings is 1. The third kappa shape index (κ3) is 3.94. The summed E-state index contributed by atoms with van der Waals surface area (Å²) in [7, 11) is 1.97. The van der Waals surface area contributed by atoms with Crippen molar-refractivity contribution in [1.29, 1.82) is 0 Å². The average molecular weight is 439 g/mol. The first-order valence-electron chi connectivity index (χ1n) is 11.3. The summed E-state index contributed by atoms with van der Waals surface area (Å²) in [5, 5.41) is 5.66. The number of fused-ring (bicyclic) bond motifs is 2. The Morgan fingerprint density at radius 3 is 2.64 bits per heavy atom. The second-order valence-corrected chi connectivity index (χ2v) is 8.17. The Balaban J connectivity index is 1.72. The van der Waals surface area contributed by atoms with E-state index in [0.29, 0.717) is 18.8 Å².